The number of halogens is 1. The Bertz CT molecular complexity index is 2400. The largest absolute Gasteiger partial charge is 0.385 e. The molecule has 3 aromatic heterocycles. The molecule has 1 spiro atoms. The third kappa shape index (κ3) is 6.98. The molecular formula is C43H48ClN11O3. The van der Waals surface area contributed by atoms with Gasteiger partial charge in [-0.2, -0.15) is 0 Å². The van der Waals surface area contributed by atoms with E-state index in [0.717, 1.165) is 73.8 Å². The van der Waals surface area contributed by atoms with Crippen molar-refractivity contribution in [1.29, 1.82) is 0 Å². The van der Waals surface area contributed by atoms with Gasteiger partial charge < -0.3 is 20.9 Å². The molecule has 6 heterocycles. The first kappa shape index (κ1) is 37.8. The van der Waals surface area contributed by atoms with Gasteiger partial charge in [-0.1, -0.05) is 29.8 Å². The number of imide groups is 1. The first-order valence-electron chi connectivity index (χ1n) is 20.2. The number of carbonyl (C=O) groups excluding carboxylic acids is 3. The van der Waals surface area contributed by atoms with Gasteiger partial charge in [0.25, 0.3) is 5.91 Å². The molecule has 0 bridgehead atoms. The number of nitrogens with two attached hydrogens (primary N) is 1. The van der Waals surface area contributed by atoms with E-state index in [1.165, 1.54) is 47.5 Å². The Morgan fingerprint density at radius 2 is 1.74 bits per heavy atom. The van der Waals surface area contributed by atoms with E-state index in [0.29, 0.717) is 40.2 Å². The Kier molecular flexibility index (Phi) is 9.92. The van der Waals surface area contributed by atoms with E-state index in [4.69, 9.17) is 27.4 Å². The second-order valence-electron chi connectivity index (χ2n) is 16.2. The maximum Gasteiger partial charge on any atom is 0.328 e. The van der Waals surface area contributed by atoms with Crippen LogP contribution in [-0.4, -0.2) is 88.6 Å². The van der Waals surface area contributed by atoms with Crippen molar-refractivity contribution in [2.24, 2.45) is 11.1 Å². The monoisotopic (exact) mass is 801 g/mol. The van der Waals surface area contributed by atoms with Crippen LogP contribution < -0.4 is 31.1 Å². The zero-order chi connectivity index (χ0) is 40.1. The summed E-state index contributed by atoms with van der Waals surface area (Å²) in [6.45, 7) is 4.13. The van der Waals surface area contributed by atoms with E-state index >= 15 is 0 Å². The van der Waals surface area contributed by atoms with Crippen LogP contribution in [0.4, 0.5) is 33.4 Å². The van der Waals surface area contributed by atoms with Crippen molar-refractivity contribution in [1.82, 2.24) is 29.8 Å². The molecule has 2 saturated heterocycles. The highest BCUT2D eigenvalue weighted by Crippen LogP contribution is 2.47. The van der Waals surface area contributed by atoms with Crippen molar-refractivity contribution < 1.29 is 14.4 Å². The molecule has 3 aliphatic heterocycles. The lowest BCUT2D eigenvalue weighted by molar-refractivity contribution is -0.120. The van der Waals surface area contributed by atoms with E-state index < -0.39 is 11.9 Å². The third-order valence-electron chi connectivity index (χ3n) is 12.9. The average Bonchev–Trinajstić information content (AvgIpc) is 3.88. The molecule has 0 radical (unpaired) electrons. The molecule has 0 atom stereocenters. The summed E-state index contributed by atoms with van der Waals surface area (Å²) in [6, 6.07) is 18.5. The van der Waals surface area contributed by atoms with Crippen LogP contribution in [0.1, 0.15) is 66.6 Å². The average molecular weight is 802 g/mol. The van der Waals surface area contributed by atoms with Crippen molar-refractivity contribution in [2.75, 3.05) is 60.3 Å². The second kappa shape index (κ2) is 15.2. The highest BCUT2D eigenvalue weighted by Gasteiger charge is 2.39. The summed E-state index contributed by atoms with van der Waals surface area (Å²) in [5.41, 5.74) is 14.8. The number of nitrogens with one attached hydrogen (secondary N) is 2. The predicted molar refractivity (Wildman–Crippen MR) is 226 cm³/mol. The lowest BCUT2D eigenvalue weighted by atomic mass is 9.66. The smallest absolute Gasteiger partial charge is 0.328 e. The standard InChI is InChI=1S/C43H48ClN11O3/c1-46-34-23-38(50-55-37(40(45)57)25-48-41(34)55)53-18-12-31-30(4-3-5-35(31)53)33-9-6-27(24-47-33)26-52-20-16-43(17-21-52)14-10-28(11-15-43)51(2)29-7-8-32(44)36(22-29)54-19-13-39(56)49-42(54)58/h3-9,22-25,28,46H,10-21,26H2,1-2H3,(H2,45,57)(H,49,56,58). The van der Waals surface area contributed by atoms with Crippen molar-refractivity contribution >= 4 is 63.7 Å². The number of carbonyl (C=O) groups is 3. The van der Waals surface area contributed by atoms with Gasteiger partial charge in [0, 0.05) is 75.4 Å². The van der Waals surface area contributed by atoms with Crippen LogP contribution in [0.2, 0.25) is 5.02 Å². The Labute approximate surface area is 342 Å². The van der Waals surface area contributed by atoms with Crippen molar-refractivity contribution in [2.45, 2.75) is 64.0 Å². The van der Waals surface area contributed by atoms with Gasteiger partial charge in [0.05, 0.1) is 28.3 Å². The Balaban J connectivity index is 0.810. The molecule has 0 unspecified atom stereocenters. The summed E-state index contributed by atoms with van der Waals surface area (Å²) < 4.78 is 1.52. The van der Waals surface area contributed by atoms with Crippen molar-refractivity contribution in [3.05, 3.63) is 88.8 Å². The van der Waals surface area contributed by atoms with Gasteiger partial charge in [-0.15, -0.1) is 5.10 Å². The quantitative estimate of drug-likeness (QED) is 0.153. The molecule has 3 fully saturated rings. The molecule has 14 nitrogen and oxygen atoms in total. The number of amides is 4. The van der Waals surface area contributed by atoms with Crippen LogP contribution in [0, 0.1) is 5.41 Å². The first-order chi connectivity index (χ1) is 28.1. The number of fused-ring (bicyclic) bond motifs is 2. The van der Waals surface area contributed by atoms with Crippen LogP contribution in [0.3, 0.4) is 0 Å². The number of imidazole rings is 1. The summed E-state index contributed by atoms with van der Waals surface area (Å²) in [5.74, 6) is -0.129. The maximum absolute atomic E-state index is 12.5. The lowest BCUT2D eigenvalue weighted by Crippen LogP contribution is -2.49. The number of nitrogens with zero attached hydrogens (tertiary/aromatic N) is 8. The topological polar surface area (TPSA) is 157 Å². The highest BCUT2D eigenvalue weighted by atomic mass is 35.5. The molecule has 5 aromatic rings. The van der Waals surface area contributed by atoms with E-state index in [1.54, 1.807) is 4.90 Å². The molecule has 58 heavy (non-hydrogen) atoms. The van der Waals surface area contributed by atoms with Crippen molar-refractivity contribution in [3.63, 3.8) is 0 Å². The maximum atomic E-state index is 12.5. The molecule has 4 N–H and O–H groups in total. The molecular weight excluding hydrogens is 754 g/mol. The summed E-state index contributed by atoms with van der Waals surface area (Å²) in [4.78, 5) is 54.3. The number of piperidine rings is 1. The molecule has 4 aliphatic rings. The molecule has 1 aliphatic carbocycles. The lowest BCUT2D eigenvalue weighted by Gasteiger charge is -2.47. The third-order valence-corrected chi connectivity index (χ3v) is 13.3. The normalized spacial score (nSPS) is 18.5. The van der Waals surface area contributed by atoms with E-state index in [9.17, 15) is 14.4 Å². The van der Waals surface area contributed by atoms with E-state index in [-0.39, 0.29) is 18.0 Å². The zero-order valence-electron chi connectivity index (χ0n) is 32.9. The number of primary amides is 1. The van der Waals surface area contributed by atoms with Gasteiger partial charge in [0.15, 0.2) is 11.5 Å². The molecule has 300 valence electrons. The van der Waals surface area contributed by atoms with Crippen LogP contribution in [0.15, 0.2) is 67.0 Å². The van der Waals surface area contributed by atoms with Gasteiger partial charge in [0.1, 0.15) is 5.69 Å². The second-order valence-corrected chi connectivity index (χ2v) is 16.6. The fraction of sp³-hybridized carbons (Fsp3) is 0.395. The number of rotatable bonds is 9. The number of aromatic nitrogens is 4. The number of benzene rings is 2. The van der Waals surface area contributed by atoms with Crippen LogP contribution >= 0.6 is 11.6 Å². The van der Waals surface area contributed by atoms with Gasteiger partial charge in [-0.05, 0) is 105 Å². The fourth-order valence-electron chi connectivity index (χ4n) is 9.51. The SMILES string of the molecule is CNc1cc(N2CCc3c(-c4ccc(CN5CCC6(CCC(N(C)c7ccc(Cl)c(N8CCC(=O)NC8=O)c7)CC6)CC5)cn4)cccc32)nn2c(C(N)=O)cnc12. The molecule has 2 aromatic carbocycles. The summed E-state index contributed by atoms with van der Waals surface area (Å²) in [7, 11) is 3.96. The number of hydrogen-bond donors (Lipinski definition) is 3. The van der Waals surface area contributed by atoms with Gasteiger partial charge >= 0.3 is 6.03 Å². The zero-order valence-corrected chi connectivity index (χ0v) is 33.6. The molecule has 1 saturated carbocycles. The fourth-order valence-corrected chi connectivity index (χ4v) is 9.73. The number of likely N-dealkylation sites (tertiary alicyclic amines) is 1. The number of pyridine rings is 1. The number of anilines is 5. The number of hydrogen-bond acceptors (Lipinski definition) is 10. The summed E-state index contributed by atoms with van der Waals surface area (Å²) >= 11 is 6.53. The summed E-state index contributed by atoms with van der Waals surface area (Å²) in [6.07, 6.45) is 11.7. The van der Waals surface area contributed by atoms with Crippen LogP contribution in [-0.2, 0) is 17.8 Å². The van der Waals surface area contributed by atoms with Gasteiger partial charge in [-0.25, -0.2) is 14.3 Å². The minimum Gasteiger partial charge on any atom is -0.385 e. The first-order valence-corrected chi connectivity index (χ1v) is 20.5. The van der Waals surface area contributed by atoms with Crippen LogP contribution in [0.25, 0.3) is 16.9 Å². The molecule has 15 heteroatoms. The molecule has 9 rings (SSSR count). The van der Waals surface area contributed by atoms with Gasteiger partial charge in [-0.3, -0.25) is 29.7 Å². The van der Waals surface area contributed by atoms with E-state index in [1.807, 2.05) is 37.5 Å². The van der Waals surface area contributed by atoms with Gasteiger partial charge in [0.2, 0.25) is 5.91 Å². The minimum absolute atomic E-state index is 0.237. The molecule has 4 amide bonds. The number of urea groups is 1. The Morgan fingerprint density at radius 1 is 0.948 bits per heavy atom. The van der Waals surface area contributed by atoms with Crippen molar-refractivity contribution in [3.8, 4) is 11.3 Å². The minimum atomic E-state index is -0.579. The predicted octanol–water partition coefficient (Wildman–Crippen LogP) is 6.39. The van der Waals surface area contributed by atoms with E-state index in [2.05, 4.69) is 67.7 Å². The Hall–Kier alpha value is -5.73. The summed E-state index contributed by atoms with van der Waals surface area (Å²) in [5, 5.41) is 10.9. The Morgan fingerprint density at radius 3 is 2.47 bits per heavy atom. The van der Waals surface area contributed by atoms with Crippen LogP contribution in [0.5, 0.6) is 0 Å². The highest BCUT2D eigenvalue weighted by molar-refractivity contribution is 6.34.